The zero-order chi connectivity index (χ0) is 23.0. The molecule has 2 amide bonds. The summed E-state index contributed by atoms with van der Waals surface area (Å²) in [6, 6.07) is 18.3. The molecule has 4 rings (SSSR count). The molecule has 32 heavy (non-hydrogen) atoms. The van der Waals surface area contributed by atoms with Gasteiger partial charge in [-0.3, -0.25) is 13.9 Å². The summed E-state index contributed by atoms with van der Waals surface area (Å²) in [7, 11) is -2.16. The smallest absolute Gasteiger partial charge is 0.264 e. The van der Waals surface area contributed by atoms with E-state index in [-0.39, 0.29) is 16.8 Å². The summed E-state index contributed by atoms with van der Waals surface area (Å²) in [5.41, 5.74) is 2.81. The van der Waals surface area contributed by atoms with Crippen LogP contribution in [0.3, 0.4) is 0 Å². The number of sulfonamides is 1. The van der Waals surface area contributed by atoms with Gasteiger partial charge in [0.25, 0.3) is 21.8 Å². The van der Waals surface area contributed by atoms with Crippen LogP contribution in [0.4, 0.5) is 11.4 Å². The van der Waals surface area contributed by atoms with Gasteiger partial charge in [-0.15, -0.1) is 0 Å². The molecular weight excluding hydrogens is 426 g/mol. The van der Waals surface area contributed by atoms with Crippen LogP contribution in [-0.2, 0) is 10.0 Å². The first-order valence-electron chi connectivity index (χ1n) is 10.1. The number of benzene rings is 3. The summed E-state index contributed by atoms with van der Waals surface area (Å²) in [5, 5.41) is 5.63. The minimum Gasteiger partial charge on any atom is -0.350 e. The maximum atomic E-state index is 13.0. The van der Waals surface area contributed by atoms with Gasteiger partial charge in [0.15, 0.2) is 0 Å². The Morgan fingerprint density at radius 2 is 1.56 bits per heavy atom. The molecule has 0 bridgehead atoms. The third-order valence-corrected chi connectivity index (χ3v) is 7.08. The number of fused-ring (bicyclic) bond motifs is 3. The average Bonchev–Trinajstić information content (AvgIpc) is 2.77. The Hall–Kier alpha value is -3.65. The van der Waals surface area contributed by atoms with Gasteiger partial charge in [0.05, 0.1) is 21.8 Å². The first-order chi connectivity index (χ1) is 15.2. The summed E-state index contributed by atoms with van der Waals surface area (Å²) in [4.78, 5) is 25.7. The summed E-state index contributed by atoms with van der Waals surface area (Å²) in [5.74, 6) is -0.673. The van der Waals surface area contributed by atoms with Gasteiger partial charge in [-0.1, -0.05) is 30.3 Å². The number of rotatable bonds is 4. The molecule has 0 unspecified atom stereocenters. The summed E-state index contributed by atoms with van der Waals surface area (Å²) in [6.07, 6.45) is 0. The lowest BCUT2D eigenvalue weighted by Gasteiger charge is -2.29. The molecule has 164 valence electrons. The molecule has 0 aliphatic carbocycles. The van der Waals surface area contributed by atoms with Crippen molar-refractivity contribution in [1.29, 1.82) is 0 Å². The lowest BCUT2D eigenvalue weighted by Crippen LogP contribution is -2.31. The molecule has 0 spiro atoms. The van der Waals surface area contributed by atoms with Crippen LogP contribution in [0.25, 0.3) is 11.1 Å². The molecule has 1 aliphatic rings. The highest BCUT2D eigenvalue weighted by molar-refractivity contribution is 7.93. The number of amides is 2. The molecule has 0 saturated carbocycles. The quantitative estimate of drug-likeness (QED) is 0.632. The third kappa shape index (κ3) is 3.73. The average molecular weight is 450 g/mol. The van der Waals surface area contributed by atoms with Crippen molar-refractivity contribution >= 4 is 33.2 Å². The second-order valence-electron chi connectivity index (χ2n) is 7.83. The Morgan fingerprint density at radius 1 is 0.875 bits per heavy atom. The van der Waals surface area contributed by atoms with Crippen LogP contribution in [0.2, 0.25) is 0 Å². The Bertz CT molecular complexity index is 1330. The minimum atomic E-state index is -3.65. The standard InChI is InChI=1S/C24H23N3O4S/c1-15(2)25-24(29)18-9-4-6-10-20(18)26-23(28)16-12-13-21-19(14-16)17-8-5-7-11-22(17)32(30,31)27(21)3/h4-15H,1-3H3,(H,25,29)(H,26,28). The number of carbonyl (C=O) groups is 2. The predicted molar refractivity (Wildman–Crippen MR) is 124 cm³/mol. The lowest BCUT2D eigenvalue weighted by atomic mass is 10.00. The number of para-hydroxylation sites is 1. The number of hydrogen-bond donors (Lipinski definition) is 2. The molecule has 0 radical (unpaired) electrons. The molecule has 0 aromatic heterocycles. The fourth-order valence-electron chi connectivity index (χ4n) is 3.68. The summed E-state index contributed by atoms with van der Waals surface area (Å²) < 4.78 is 26.8. The lowest BCUT2D eigenvalue weighted by molar-refractivity contribution is 0.0944. The van der Waals surface area contributed by atoms with Crippen LogP contribution in [0.5, 0.6) is 0 Å². The van der Waals surface area contributed by atoms with E-state index in [1.165, 1.54) is 11.4 Å². The highest BCUT2D eigenvalue weighted by Gasteiger charge is 2.32. The first kappa shape index (κ1) is 21.6. The van der Waals surface area contributed by atoms with Crippen LogP contribution in [0.1, 0.15) is 34.6 Å². The van der Waals surface area contributed by atoms with Crippen molar-refractivity contribution in [3.8, 4) is 11.1 Å². The van der Waals surface area contributed by atoms with E-state index in [0.29, 0.717) is 33.6 Å². The highest BCUT2D eigenvalue weighted by Crippen LogP contribution is 2.42. The van der Waals surface area contributed by atoms with Gasteiger partial charge < -0.3 is 10.6 Å². The van der Waals surface area contributed by atoms with Gasteiger partial charge in [-0.2, -0.15) is 0 Å². The van der Waals surface area contributed by atoms with Crippen LogP contribution in [-0.4, -0.2) is 33.3 Å². The molecule has 7 nitrogen and oxygen atoms in total. The molecule has 0 atom stereocenters. The second-order valence-corrected chi connectivity index (χ2v) is 9.77. The van der Waals surface area contributed by atoms with Crippen LogP contribution >= 0.6 is 0 Å². The van der Waals surface area contributed by atoms with E-state index in [4.69, 9.17) is 0 Å². The van der Waals surface area contributed by atoms with E-state index in [0.717, 1.165) is 0 Å². The number of hydrogen-bond acceptors (Lipinski definition) is 4. The van der Waals surface area contributed by atoms with Crippen molar-refractivity contribution in [2.75, 3.05) is 16.7 Å². The van der Waals surface area contributed by atoms with E-state index < -0.39 is 15.9 Å². The van der Waals surface area contributed by atoms with Crippen molar-refractivity contribution in [2.45, 2.75) is 24.8 Å². The number of nitrogens with one attached hydrogen (secondary N) is 2. The molecular formula is C24H23N3O4S. The highest BCUT2D eigenvalue weighted by atomic mass is 32.2. The van der Waals surface area contributed by atoms with E-state index in [1.807, 2.05) is 13.8 Å². The molecule has 1 heterocycles. The SMILES string of the molecule is CC(C)NC(=O)c1ccccc1NC(=O)c1ccc2c(c1)-c1ccccc1S(=O)(=O)N2C. The zero-order valence-corrected chi connectivity index (χ0v) is 18.7. The normalized spacial score (nSPS) is 13.8. The van der Waals surface area contributed by atoms with Gasteiger partial charge in [-0.05, 0) is 50.2 Å². The minimum absolute atomic E-state index is 0.0414. The van der Waals surface area contributed by atoms with E-state index in [9.17, 15) is 18.0 Å². The molecule has 0 fully saturated rings. The number of carbonyl (C=O) groups excluding carboxylic acids is 2. The monoisotopic (exact) mass is 449 g/mol. The first-order valence-corrected chi connectivity index (χ1v) is 11.6. The van der Waals surface area contributed by atoms with Crippen molar-refractivity contribution in [2.24, 2.45) is 0 Å². The Labute approximate surface area is 187 Å². The Kier molecular flexibility index (Phi) is 5.48. The van der Waals surface area contributed by atoms with Crippen molar-refractivity contribution in [3.05, 3.63) is 77.9 Å². The van der Waals surface area contributed by atoms with Gasteiger partial charge >= 0.3 is 0 Å². The Morgan fingerprint density at radius 3 is 2.31 bits per heavy atom. The molecule has 2 N–H and O–H groups in total. The zero-order valence-electron chi connectivity index (χ0n) is 17.9. The topological polar surface area (TPSA) is 95.6 Å². The van der Waals surface area contributed by atoms with E-state index in [2.05, 4.69) is 10.6 Å². The van der Waals surface area contributed by atoms with Crippen LogP contribution < -0.4 is 14.9 Å². The fourth-order valence-corrected chi connectivity index (χ4v) is 5.10. The maximum Gasteiger partial charge on any atom is 0.264 e. The number of nitrogens with zero attached hydrogens (tertiary/aromatic N) is 1. The van der Waals surface area contributed by atoms with Crippen LogP contribution in [0, 0.1) is 0 Å². The summed E-state index contributed by atoms with van der Waals surface area (Å²) in [6.45, 7) is 3.72. The van der Waals surface area contributed by atoms with Crippen LogP contribution in [0.15, 0.2) is 71.6 Å². The third-order valence-electron chi connectivity index (χ3n) is 5.25. The molecule has 8 heteroatoms. The van der Waals surface area contributed by atoms with Crippen molar-refractivity contribution in [3.63, 3.8) is 0 Å². The fraction of sp³-hybridized carbons (Fsp3) is 0.167. The van der Waals surface area contributed by atoms with E-state index >= 15 is 0 Å². The predicted octanol–water partition coefficient (Wildman–Crippen LogP) is 3.88. The molecule has 1 aliphatic heterocycles. The number of anilines is 2. The molecule has 0 saturated heterocycles. The van der Waals surface area contributed by atoms with Gasteiger partial charge in [-0.25, -0.2) is 8.42 Å². The largest absolute Gasteiger partial charge is 0.350 e. The summed E-state index contributed by atoms with van der Waals surface area (Å²) >= 11 is 0. The Balaban J connectivity index is 1.70. The van der Waals surface area contributed by atoms with Crippen molar-refractivity contribution < 1.29 is 18.0 Å². The van der Waals surface area contributed by atoms with Gasteiger partial charge in [0.2, 0.25) is 0 Å². The van der Waals surface area contributed by atoms with E-state index in [1.54, 1.807) is 66.7 Å². The van der Waals surface area contributed by atoms with Crippen molar-refractivity contribution in [1.82, 2.24) is 5.32 Å². The van der Waals surface area contributed by atoms with Gasteiger partial charge in [0.1, 0.15) is 0 Å². The molecule has 3 aromatic carbocycles. The maximum absolute atomic E-state index is 13.0. The van der Waals surface area contributed by atoms with Gasteiger partial charge in [0, 0.05) is 29.8 Å². The second kappa shape index (κ2) is 8.12. The molecule has 3 aromatic rings.